The molecule has 5 rings (SSSR count). The van der Waals surface area contributed by atoms with Gasteiger partial charge in [0, 0.05) is 32.2 Å². The van der Waals surface area contributed by atoms with Gasteiger partial charge < -0.3 is 15.0 Å². The second-order valence-corrected chi connectivity index (χ2v) is 8.35. The van der Waals surface area contributed by atoms with Gasteiger partial charge in [-0.2, -0.15) is 0 Å². The third kappa shape index (κ3) is 4.14. The van der Waals surface area contributed by atoms with Crippen molar-refractivity contribution in [3.05, 3.63) is 82.8 Å². The summed E-state index contributed by atoms with van der Waals surface area (Å²) in [6.07, 6.45) is 1.23. The standard InChI is InChI=1S/C25H28N4O2/c30-24(20-10-9-18-5-1-2-6-19(18)17-20)26-13-16-28-14-11-21(12-15-28)29-23-8-4-3-7-22(23)27-25(29)31/h1-10,17,21,24,26,30H,11-16H2,(H,27,31). The van der Waals surface area contributed by atoms with Crippen molar-refractivity contribution in [1.29, 1.82) is 0 Å². The minimum Gasteiger partial charge on any atom is -0.374 e. The summed E-state index contributed by atoms with van der Waals surface area (Å²) < 4.78 is 1.93. The van der Waals surface area contributed by atoms with Crippen molar-refractivity contribution in [1.82, 2.24) is 19.8 Å². The number of nitrogens with zero attached hydrogens (tertiary/aromatic N) is 2. The number of likely N-dealkylation sites (tertiary alicyclic amines) is 1. The predicted molar refractivity (Wildman–Crippen MR) is 124 cm³/mol. The highest BCUT2D eigenvalue weighted by molar-refractivity contribution is 5.83. The van der Waals surface area contributed by atoms with Crippen molar-refractivity contribution in [2.45, 2.75) is 25.1 Å². The van der Waals surface area contributed by atoms with Gasteiger partial charge in [0.05, 0.1) is 11.0 Å². The van der Waals surface area contributed by atoms with Gasteiger partial charge in [0.2, 0.25) is 0 Å². The normalized spacial score (nSPS) is 16.8. The first-order valence-corrected chi connectivity index (χ1v) is 11.0. The summed E-state index contributed by atoms with van der Waals surface area (Å²) in [6, 6.07) is 22.4. The van der Waals surface area contributed by atoms with Crippen LogP contribution in [-0.2, 0) is 0 Å². The third-order valence-electron chi connectivity index (χ3n) is 6.40. The molecule has 160 valence electrons. The molecule has 0 spiro atoms. The lowest BCUT2D eigenvalue weighted by Gasteiger charge is -2.32. The number of rotatable bonds is 6. The molecule has 2 heterocycles. The minimum atomic E-state index is -0.674. The largest absolute Gasteiger partial charge is 0.374 e. The van der Waals surface area contributed by atoms with Gasteiger partial charge in [-0.15, -0.1) is 0 Å². The number of aliphatic hydroxyl groups is 1. The molecular weight excluding hydrogens is 388 g/mol. The van der Waals surface area contributed by atoms with Crippen LogP contribution >= 0.6 is 0 Å². The molecule has 4 aromatic rings. The Balaban J connectivity index is 1.14. The van der Waals surface area contributed by atoms with Crippen molar-refractivity contribution in [2.75, 3.05) is 26.2 Å². The molecule has 0 radical (unpaired) electrons. The van der Waals surface area contributed by atoms with Crippen molar-refractivity contribution in [3.63, 3.8) is 0 Å². The summed E-state index contributed by atoms with van der Waals surface area (Å²) in [4.78, 5) is 17.8. The molecule has 3 N–H and O–H groups in total. The number of para-hydroxylation sites is 2. The Morgan fingerprint density at radius 1 is 1.00 bits per heavy atom. The van der Waals surface area contributed by atoms with Gasteiger partial charge in [-0.05, 0) is 47.4 Å². The van der Waals surface area contributed by atoms with Crippen LogP contribution in [0.4, 0.5) is 0 Å². The fraction of sp³-hybridized carbons (Fsp3) is 0.320. The smallest absolute Gasteiger partial charge is 0.326 e. The molecule has 0 saturated carbocycles. The molecule has 1 aromatic heterocycles. The van der Waals surface area contributed by atoms with E-state index in [2.05, 4.69) is 27.3 Å². The summed E-state index contributed by atoms with van der Waals surface area (Å²) in [5, 5.41) is 16.1. The Bertz CT molecular complexity index is 1240. The highest BCUT2D eigenvalue weighted by Crippen LogP contribution is 2.24. The average molecular weight is 417 g/mol. The van der Waals surface area contributed by atoms with E-state index in [4.69, 9.17) is 0 Å². The number of aromatic nitrogens is 2. The number of aliphatic hydroxyl groups excluding tert-OH is 1. The van der Waals surface area contributed by atoms with Crippen LogP contribution in [0.25, 0.3) is 21.8 Å². The van der Waals surface area contributed by atoms with Crippen molar-refractivity contribution in [3.8, 4) is 0 Å². The molecular formula is C25H28N4O2. The topological polar surface area (TPSA) is 73.3 Å². The molecule has 1 aliphatic heterocycles. The lowest BCUT2D eigenvalue weighted by molar-refractivity contribution is 0.125. The Morgan fingerprint density at radius 2 is 1.74 bits per heavy atom. The van der Waals surface area contributed by atoms with Gasteiger partial charge in [-0.1, -0.05) is 48.5 Å². The monoisotopic (exact) mass is 416 g/mol. The molecule has 1 saturated heterocycles. The maximum atomic E-state index is 12.4. The third-order valence-corrected chi connectivity index (χ3v) is 6.40. The number of hydrogen-bond acceptors (Lipinski definition) is 4. The van der Waals surface area contributed by atoms with Crippen LogP contribution in [0.5, 0.6) is 0 Å². The van der Waals surface area contributed by atoms with E-state index in [9.17, 15) is 9.90 Å². The maximum Gasteiger partial charge on any atom is 0.326 e. The van der Waals surface area contributed by atoms with Crippen LogP contribution < -0.4 is 11.0 Å². The zero-order valence-corrected chi connectivity index (χ0v) is 17.5. The second-order valence-electron chi connectivity index (χ2n) is 8.35. The van der Waals surface area contributed by atoms with E-state index in [1.54, 1.807) is 0 Å². The molecule has 0 aliphatic carbocycles. The number of imidazole rings is 1. The van der Waals surface area contributed by atoms with Gasteiger partial charge in [0.1, 0.15) is 6.23 Å². The molecule has 0 amide bonds. The van der Waals surface area contributed by atoms with Crippen LogP contribution in [0.1, 0.15) is 30.7 Å². The number of nitrogens with one attached hydrogen (secondary N) is 2. The predicted octanol–water partition coefficient (Wildman–Crippen LogP) is 3.40. The summed E-state index contributed by atoms with van der Waals surface area (Å²) in [7, 11) is 0. The van der Waals surface area contributed by atoms with Crippen LogP contribution in [0, 0.1) is 0 Å². The average Bonchev–Trinajstić information content (AvgIpc) is 3.15. The molecule has 0 bridgehead atoms. The Labute approximate surface area is 181 Å². The number of aromatic amines is 1. The fourth-order valence-electron chi connectivity index (χ4n) is 4.69. The number of piperidine rings is 1. The minimum absolute atomic E-state index is 0.0141. The number of benzene rings is 3. The van der Waals surface area contributed by atoms with Crippen LogP contribution in [0.15, 0.2) is 71.5 Å². The van der Waals surface area contributed by atoms with E-state index in [0.29, 0.717) is 6.54 Å². The molecule has 31 heavy (non-hydrogen) atoms. The first-order valence-electron chi connectivity index (χ1n) is 11.0. The molecule has 3 aromatic carbocycles. The van der Waals surface area contributed by atoms with Gasteiger partial charge >= 0.3 is 5.69 Å². The van der Waals surface area contributed by atoms with Crippen LogP contribution in [-0.4, -0.2) is 45.7 Å². The molecule has 6 heteroatoms. The van der Waals surface area contributed by atoms with E-state index in [1.165, 1.54) is 5.39 Å². The molecule has 1 atom stereocenters. The van der Waals surface area contributed by atoms with E-state index in [-0.39, 0.29) is 11.7 Å². The van der Waals surface area contributed by atoms with Crippen molar-refractivity contribution in [2.24, 2.45) is 0 Å². The number of H-pyrrole nitrogens is 1. The lowest BCUT2D eigenvalue weighted by atomic mass is 10.0. The second kappa shape index (κ2) is 8.67. The highest BCUT2D eigenvalue weighted by Gasteiger charge is 2.23. The lowest BCUT2D eigenvalue weighted by Crippen LogP contribution is -2.40. The molecule has 6 nitrogen and oxygen atoms in total. The molecule has 1 aliphatic rings. The molecule has 1 unspecified atom stereocenters. The van der Waals surface area contributed by atoms with Gasteiger partial charge in [-0.3, -0.25) is 9.88 Å². The number of hydrogen-bond donors (Lipinski definition) is 3. The first-order chi connectivity index (χ1) is 15.2. The SMILES string of the molecule is O=c1[nH]c2ccccc2n1C1CCN(CCNC(O)c2ccc3ccccc3c2)CC1. The number of fused-ring (bicyclic) bond motifs is 2. The van der Waals surface area contributed by atoms with E-state index >= 15 is 0 Å². The zero-order chi connectivity index (χ0) is 21.2. The highest BCUT2D eigenvalue weighted by atomic mass is 16.3. The zero-order valence-electron chi connectivity index (χ0n) is 17.5. The first kappa shape index (κ1) is 20.0. The van der Waals surface area contributed by atoms with Gasteiger partial charge in [0.25, 0.3) is 0 Å². The summed E-state index contributed by atoms with van der Waals surface area (Å²) in [5.41, 5.74) is 2.77. The summed E-state index contributed by atoms with van der Waals surface area (Å²) in [5.74, 6) is 0. The van der Waals surface area contributed by atoms with E-state index < -0.39 is 6.23 Å². The van der Waals surface area contributed by atoms with E-state index in [1.807, 2.05) is 59.2 Å². The van der Waals surface area contributed by atoms with Crippen LogP contribution in [0.2, 0.25) is 0 Å². The quantitative estimate of drug-likeness (QED) is 0.421. The Hall–Kier alpha value is -2.93. The Kier molecular flexibility index (Phi) is 5.59. The van der Waals surface area contributed by atoms with Gasteiger partial charge in [-0.25, -0.2) is 4.79 Å². The maximum absolute atomic E-state index is 12.4. The van der Waals surface area contributed by atoms with Crippen molar-refractivity contribution < 1.29 is 5.11 Å². The summed E-state index contributed by atoms with van der Waals surface area (Å²) in [6.45, 7) is 3.49. The van der Waals surface area contributed by atoms with Crippen LogP contribution in [0.3, 0.4) is 0 Å². The van der Waals surface area contributed by atoms with E-state index in [0.717, 1.165) is 54.5 Å². The Morgan fingerprint density at radius 3 is 2.58 bits per heavy atom. The van der Waals surface area contributed by atoms with Crippen molar-refractivity contribution >= 4 is 21.8 Å². The fourth-order valence-corrected chi connectivity index (χ4v) is 4.69. The van der Waals surface area contributed by atoms with Gasteiger partial charge in [0.15, 0.2) is 0 Å². The molecule has 1 fully saturated rings. The summed E-state index contributed by atoms with van der Waals surface area (Å²) >= 11 is 0.